The van der Waals surface area contributed by atoms with Crippen LogP contribution in [0.15, 0.2) is 54.6 Å². The highest BCUT2D eigenvalue weighted by atomic mass is 16.5. The topological polar surface area (TPSA) is 76.4 Å². The van der Waals surface area contributed by atoms with Crippen LogP contribution in [0.3, 0.4) is 0 Å². The SMILES string of the molecule is CCOC(=O)/C=C/c1cccc(CCC(=O)Oc2ccccc2C#N)c1. The predicted molar refractivity (Wildman–Crippen MR) is 97.2 cm³/mol. The Bertz CT molecular complexity index is 849. The smallest absolute Gasteiger partial charge is 0.330 e. The molecule has 0 aliphatic rings. The van der Waals surface area contributed by atoms with E-state index in [0.717, 1.165) is 11.1 Å². The lowest BCUT2D eigenvalue weighted by Crippen LogP contribution is -2.10. The Morgan fingerprint density at radius 1 is 1.15 bits per heavy atom. The Morgan fingerprint density at radius 3 is 2.73 bits per heavy atom. The number of hydrogen-bond acceptors (Lipinski definition) is 5. The molecule has 2 aromatic rings. The van der Waals surface area contributed by atoms with Crippen molar-refractivity contribution in [3.63, 3.8) is 0 Å². The predicted octanol–water partition coefficient (Wildman–Crippen LogP) is 3.67. The van der Waals surface area contributed by atoms with Gasteiger partial charge >= 0.3 is 11.9 Å². The maximum Gasteiger partial charge on any atom is 0.330 e. The van der Waals surface area contributed by atoms with Gasteiger partial charge in [0.15, 0.2) is 0 Å². The van der Waals surface area contributed by atoms with Gasteiger partial charge in [0.2, 0.25) is 0 Å². The first kappa shape index (κ1) is 18.9. The Labute approximate surface area is 152 Å². The van der Waals surface area contributed by atoms with Crippen molar-refractivity contribution in [1.29, 1.82) is 5.26 Å². The lowest BCUT2D eigenvalue weighted by molar-refractivity contribution is -0.137. The van der Waals surface area contributed by atoms with Gasteiger partial charge in [-0.1, -0.05) is 36.4 Å². The van der Waals surface area contributed by atoms with Crippen molar-refractivity contribution in [2.75, 3.05) is 6.61 Å². The lowest BCUT2D eigenvalue weighted by Gasteiger charge is -2.06. The fourth-order valence-corrected chi connectivity index (χ4v) is 2.28. The highest BCUT2D eigenvalue weighted by Gasteiger charge is 2.09. The average Bonchev–Trinajstić information content (AvgIpc) is 2.66. The van der Waals surface area contributed by atoms with Crippen molar-refractivity contribution in [3.8, 4) is 11.8 Å². The van der Waals surface area contributed by atoms with Crippen LogP contribution in [0, 0.1) is 11.3 Å². The van der Waals surface area contributed by atoms with E-state index in [1.807, 2.05) is 30.3 Å². The number of ether oxygens (including phenoxy) is 2. The van der Waals surface area contributed by atoms with Crippen LogP contribution in [0.2, 0.25) is 0 Å². The van der Waals surface area contributed by atoms with Crippen LogP contribution < -0.4 is 4.74 Å². The van der Waals surface area contributed by atoms with Crippen molar-refractivity contribution in [1.82, 2.24) is 0 Å². The number of benzene rings is 2. The molecule has 0 N–H and O–H groups in total. The van der Waals surface area contributed by atoms with Gasteiger partial charge in [0.25, 0.3) is 0 Å². The third-order valence-corrected chi connectivity index (χ3v) is 3.50. The van der Waals surface area contributed by atoms with Gasteiger partial charge in [0.1, 0.15) is 11.8 Å². The molecule has 0 fully saturated rings. The van der Waals surface area contributed by atoms with E-state index >= 15 is 0 Å². The minimum absolute atomic E-state index is 0.185. The maximum atomic E-state index is 12.0. The molecule has 0 atom stereocenters. The van der Waals surface area contributed by atoms with Gasteiger partial charge < -0.3 is 9.47 Å². The summed E-state index contributed by atoms with van der Waals surface area (Å²) < 4.78 is 10.1. The molecule has 0 aliphatic carbocycles. The van der Waals surface area contributed by atoms with E-state index in [-0.39, 0.29) is 12.2 Å². The van der Waals surface area contributed by atoms with Crippen LogP contribution in [-0.2, 0) is 20.7 Å². The molecule has 0 radical (unpaired) electrons. The monoisotopic (exact) mass is 349 g/mol. The van der Waals surface area contributed by atoms with Gasteiger partial charge in [0, 0.05) is 12.5 Å². The van der Waals surface area contributed by atoms with E-state index in [2.05, 4.69) is 0 Å². The van der Waals surface area contributed by atoms with Gasteiger partial charge in [-0.25, -0.2) is 4.79 Å². The molecule has 132 valence electrons. The van der Waals surface area contributed by atoms with Crippen molar-refractivity contribution >= 4 is 18.0 Å². The second-order valence-electron chi connectivity index (χ2n) is 5.41. The normalized spacial score (nSPS) is 10.3. The number of carbonyl (C=O) groups is 2. The Kier molecular flexibility index (Phi) is 7.14. The molecule has 0 unspecified atom stereocenters. The standard InChI is InChI=1S/C21H19NO4/c1-2-25-20(23)12-10-16-6-5-7-17(14-16)11-13-21(24)26-19-9-4-3-8-18(19)15-22/h3-10,12,14H,2,11,13H2,1H3/b12-10+. The van der Waals surface area contributed by atoms with Crippen molar-refractivity contribution in [2.24, 2.45) is 0 Å². The third-order valence-electron chi connectivity index (χ3n) is 3.50. The van der Waals surface area contributed by atoms with Crippen LogP contribution in [0.25, 0.3) is 6.08 Å². The third kappa shape index (κ3) is 5.91. The average molecular weight is 349 g/mol. The maximum absolute atomic E-state index is 12.0. The van der Waals surface area contributed by atoms with Crippen molar-refractivity contribution < 1.29 is 19.1 Å². The molecule has 0 heterocycles. The summed E-state index contributed by atoms with van der Waals surface area (Å²) in [6.45, 7) is 2.08. The molecule has 26 heavy (non-hydrogen) atoms. The largest absolute Gasteiger partial charge is 0.463 e. The summed E-state index contributed by atoms with van der Waals surface area (Å²) >= 11 is 0. The molecule has 0 spiro atoms. The van der Waals surface area contributed by atoms with Crippen molar-refractivity contribution in [2.45, 2.75) is 19.8 Å². The number of para-hydroxylation sites is 1. The summed E-state index contributed by atoms with van der Waals surface area (Å²) in [5.74, 6) is -0.524. The van der Waals surface area contributed by atoms with Crippen LogP contribution in [0.1, 0.15) is 30.0 Å². The summed E-state index contributed by atoms with van der Waals surface area (Å²) in [5, 5.41) is 9.01. The van der Waals surface area contributed by atoms with E-state index in [1.54, 1.807) is 37.3 Å². The molecule has 0 saturated carbocycles. The van der Waals surface area contributed by atoms with E-state index in [9.17, 15) is 9.59 Å². The quantitative estimate of drug-likeness (QED) is 0.433. The molecule has 2 aromatic carbocycles. The van der Waals surface area contributed by atoms with Gasteiger partial charge in [-0.2, -0.15) is 5.26 Å². The molecule has 5 nitrogen and oxygen atoms in total. The first-order chi connectivity index (χ1) is 12.6. The zero-order valence-corrected chi connectivity index (χ0v) is 14.5. The zero-order valence-electron chi connectivity index (χ0n) is 14.5. The molecule has 0 aromatic heterocycles. The molecule has 0 bridgehead atoms. The zero-order chi connectivity index (χ0) is 18.8. The number of nitriles is 1. The van der Waals surface area contributed by atoms with Crippen molar-refractivity contribution in [3.05, 3.63) is 71.3 Å². The Morgan fingerprint density at radius 2 is 1.96 bits per heavy atom. The van der Waals surface area contributed by atoms with E-state index in [1.165, 1.54) is 6.08 Å². The summed E-state index contributed by atoms with van der Waals surface area (Å²) in [6.07, 6.45) is 3.72. The van der Waals surface area contributed by atoms with Gasteiger partial charge in [0.05, 0.1) is 12.2 Å². The van der Waals surface area contributed by atoms with Gasteiger partial charge in [-0.05, 0) is 42.7 Å². The highest BCUT2D eigenvalue weighted by molar-refractivity contribution is 5.87. The van der Waals surface area contributed by atoms with Gasteiger partial charge in [-0.3, -0.25) is 4.79 Å². The summed E-state index contributed by atoms with van der Waals surface area (Å²) in [7, 11) is 0. The van der Waals surface area contributed by atoms with E-state index < -0.39 is 11.9 Å². The number of carbonyl (C=O) groups excluding carboxylic acids is 2. The molecule has 5 heteroatoms. The Balaban J connectivity index is 1.93. The molecule has 0 saturated heterocycles. The second-order valence-corrected chi connectivity index (χ2v) is 5.41. The summed E-state index contributed by atoms with van der Waals surface area (Å²) in [5.41, 5.74) is 2.12. The first-order valence-corrected chi connectivity index (χ1v) is 8.26. The van der Waals surface area contributed by atoms with E-state index in [0.29, 0.717) is 18.6 Å². The number of hydrogen-bond donors (Lipinski definition) is 0. The van der Waals surface area contributed by atoms with Gasteiger partial charge in [-0.15, -0.1) is 0 Å². The van der Waals surface area contributed by atoms with Crippen LogP contribution in [0.5, 0.6) is 5.75 Å². The number of esters is 2. The second kappa shape index (κ2) is 9.80. The number of rotatable bonds is 7. The van der Waals surface area contributed by atoms with Crippen LogP contribution in [-0.4, -0.2) is 18.5 Å². The highest BCUT2D eigenvalue weighted by Crippen LogP contribution is 2.18. The lowest BCUT2D eigenvalue weighted by atomic mass is 10.1. The molecule has 0 amide bonds. The molecular weight excluding hydrogens is 330 g/mol. The minimum atomic E-state index is -0.403. The Hall–Kier alpha value is -3.39. The molecule has 2 rings (SSSR count). The summed E-state index contributed by atoms with van der Waals surface area (Å²) in [4.78, 5) is 23.4. The summed E-state index contributed by atoms with van der Waals surface area (Å²) in [6, 6.07) is 16.1. The first-order valence-electron chi connectivity index (χ1n) is 8.26. The van der Waals surface area contributed by atoms with Crippen LogP contribution >= 0.6 is 0 Å². The molecular formula is C21H19NO4. The molecule has 0 aliphatic heterocycles. The fraction of sp³-hybridized carbons (Fsp3) is 0.190. The van der Waals surface area contributed by atoms with E-state index in [4.69, 9.17) is 14.7 Å². The number of nitrogens with zero attached hydrogens (tertiary/aromatic N) is 1. The fourth-order valence-electron chi connectivity index (χ4n) is 2.28. The number of aryl methyl sites for hydroxylation is 1. The minimum Gasteiger partial charge on any atom is -0.463 e. The van der Waals surface area contributed by atoms with Crippen LogP contribution in [0.4, 0.5) is 0 Å².